The molecule has 0 aromatic heterocycles. The number of aliphatic hydroxyl groups excluding tert-OH is 6. The molecular formula is C15H27F9NdO16S3+. The average molecular weight is 875 g/mol. The van der Waals surface area contributed by atoms with Crippen molar-refractivity contribution >= 4 is 30.4 Å². The third-order valence-corrected chi connectivity index (χ3v) is 5.82. The van der Waals surface area contributed by atoms with Crippen molar-refractivity contribution in [3.63, 3.8) is 0 Å². The molecule has 2 rings (SSSR count). The van der Waals surface area contributed by atoms with E-state index >= 15 is 0 Å². The summed E-state index contributed by atoms with van der Waals surface area (Å²) in [6.45, 7) is 0. The van der Waals surface area contributed by atoms with Crippen LogP contribution in [0.3, 0.4) is 0 Å². The number of hydrogen-bond acceptors (Lipinski definition) is 15. The van der Waals surface area contributed by atoms with Crippen molar-refractivity contribution in [2.24, 2.45) is 0 Å². The number of aliphatic hydroxyl groups is 6. The van der Waals surface area contributed by atoms with Gasteiger partial charge in [0, 0.05) is 0 Å². The van der Waals surface area contributed by atoms with Crippen LogP contribution in [0.5, 0.6) is 0 Å². The van der Waals surface area contributed by atoms with Gasteiger partial charge in [-0.05, 0) is 38.5 Å². The molecule has 0 amide bonds. The molecule has 44 heavy (non-hydrogen) atoms. The van der Waals surface area contributed by atoms with E-state index in [2.05, 4.69) is 0 Å². The first-order chi connectivity index (χ1) is 18.1. The van der Waals surface area contributed by atoms with E-state index < -0.39 is 83.5 Å². The quantitative estimate of drug-likeness (QED) is 0.0648. The van der Waals surface area contributed by atoms with Gasteiger partial charge < -0.3 is 49.8 Å². The molecule has 1 radical (unpaired) electrons. The fourth-order valence-corrected chi connectivity index (χ4v) is 2.46. The molecule has 0 aromatic carbocycles. The minimum atomic E-state index is -6.09. The van der Waals surface area contributed by atoms with Crippen LogP contribution in [0.15, 0.2) is 0 Å². The molecule has 0 aliphatic heterocycles. The van der Waals surface area contributed by atoms with Gasteiger partial charge in [0.2, 0.25) is 0 Å². The van der Waals surface area contributed by atoms with Gasteiger partial charge in [0.25, 0.3) is 0 Å². The summed E-state index contributed by atoms with van der Waals surface area (Å²) in [6.07, 6.45) is -0.580. The molecule has 29 heteroatoms. The maximum Gasteiger partial charge on any atom is 3.00 e. The van der Waals surface area contributed by atoms with Crippen LogP contribution >= 0.6 is 0 Å². The minimum Gasteiger partial charge on any atom is -0.741 e. The van der Waals surface area contributed by atoms with Crippen molar-refractivity contribution < 1.29 is 155 Å². The monoisotopic (exact) mass is 872 g/mol. The zero-order valence-electron chi connectivity index (χ0n) is 21.3. The summed E-state index contributed by atoms with van der Waals surface area (Å²) in [4.78, 5) is 0. The zero-order chi connectivity index (χ0) is 34.7. The number of hydrogen-bond donors (Lipinski definition) is 6. The van der Waals surface area contributed by atoms with E-state index in [1.165, 1.54) is 0 Å². The first-order valence-electron chi connectivity index (χ1n) is 10.3. The van der Waals surface area contributed by atoms with Gasteiger partial charge >= 0.3 is 57.4 Å². The Hall–Kier alpha value is 0.171. The average Bonchev–Trinajstić information content (AvgIpc) is 2.62. The second kappa shape index (κ2) is 21.2. The summed E-state index contributed by atoms with van der Waals surface area (Å²) >= 11 is 0. The van der Waals surface area contributed by atoms with Gasteiger partial charge in [0.15, 0.2) is 30.4 Å². The van der Waals surface area contributed by atoms with Crippen LogP contribution in [-0.4, -0.2) is 123 Å². The molecule has 2 aliphatic carbocycles. The molecule has 0 saturated heterocycles. The zero-order valence-corrected chi connectivity index (χ0v) is 26.9. The van der Waals surface area contributed by atoms with E-state index in [1.807, 2.05) is 0 Å². The van der Waals surface area contributed by atoms with Crippen molar-refractivity contribution in [3.8, 4) is 0 Å². The number of halogens is 9. The van der Waals surface area contributed by atoms with Gasteiger partial charge in [-0.1, -0.05) is 0 Å². The molecule has 2 aliphatic rings. The summed E-state index contributed by atoms with van der Waals surface area (Å²) in [5.74, 6) is 0. The Morgan fingerprint density at radius 1 is 0.409 bits per heavy atom. The van der Waals surface area contributed by atoms with Crippen molar-refractivity contribution in [1.29, 1.82) is 0 Å². The summed E-state index contributed by atoms with van der Waals surface area (Å²) in [6, 6.07) is 0. The third-order valence-electron chi connectivity index (χ3n) is 4.12. The molecule has 0 bridgehead atoms. The standard InChI is InChI=1S/2C6H12O3.3CHF3O3S.Nd.H2O/c2*7-4-1-5(8)3-6(9)2-4;3*2-1(3,4)8(5,6)7;;/h2*4-9H,1-3H2;3*(H,5,6,7);;1H2/q;;;;;+3;/p-2. The van der Waals surface area contributed by atoms with Crippen LogP contribution in [0.25, 0.3) is 0 Å². The molecule has 2 fully saturated rings. The Bertz CT molecular complexity index is 925. The molecule has 16 nitrogen and oxygen atoms in total. The topological polar surface area (TPSA) is 326 Å². The summed E-state index contributed by atoms with van der Waals surface area (Å²) in [5.41, 5.74) is -16.9. The second-order valence-corrected chi connectivity index (χ2v) is 12.2. The van der Waals surface area contributed by atoms with E-state index in [-0.39, 0.29) is 46.3 Å². The predicted octanol–water partition coefficient (Wildman–Crippen LogP) is -2.26. The SMILES string of the molecule is O=S(=O)([O-])C(F)(F)F.O=S(=O)([O-])C(F)(F)F.O=S(=O)([O-])C(F)(F)F.OC1CC(O)CC(O)C1.OC1CC(O)CC(O)C1.[Nd+3].[OH3+]. The van der Waals surface area contributed by atoms with Gasteiger partial charge in [0.1, 0.15) is 0 Å². The van der Waals surface area contributed by atoms with Crippen LogP contribution in [0.1, 0.15) is 38.5 Å². The van der Waals surface area contributed by atoms with Gasteiger partial charge in [-0.15, -0.1) is 0 Å². The van der Waals surface area contributed by atoms with Gasteiger partial charge in [-0.3, -0.25) is 0 Å². The smallest absolute Gasteiger partial charge is 0.741 e. The Balaban J connectivity index is -0.000000143. The van der Waals surface area contributed by atoms with Crippen molar-refractivity contribution in [2.75, 3.05) is 0 Å². The summed E-state index contributed by atoms with van der Waals surface area (Å²) in [7, 11) is -18.3. The van der Waals surface area contributed by atoms with E-state index in [1.54, 1.807) is 0 Å². The van der Waals surface area contributed by atoms with Crippen LogP contribution in [-0.2, 0) is 35.8 Å². The summed E-state index contributed by atoms with van der Waals surface area (Å²) in [5, 5.41) is 53.6. The maximum absolute atomic E-state index is 10.7. The van der Waals surface area contributed by atoms with E-state index in [9.17, 15) is 39.5 Å². The van der Waals surface area contributed by atoms with E-state index in [4.69, 9.17) is 69.6 Å². The largest absolute Gasteiger partial charge is 3.00 e. The van der Waals surface area contributed by atoms with Gasteiger partial charge in [0.05, 0.1) is 36.6 Å². The minimum absolute atomic E-state index is 0. The fourth-order valence-electron chi connectivity index (χ4n) is 2.46. The first-order valence-corrected chi connectivity index (χ1v) is 14.5. The van der Waals surface area contributed by atoms with Crippen LogP contribution in [0.4, 0.5) is 39.5 Å². The molecular weight excluding hydrogens is 848 g/mol. The molecule has 0 atom stereocenters. The van der Waals surface area contributed by atoms with Crippen molar-refractivity contribution in [3.05, 3.63) is 0 Å². The Labute approximate surface area is 276 Å². The number of alkyl halides is 9. The van der Waals surface area contributed by atoms with Crippen molar-refractivity contribution in [1.82, 2.24) is 0 Å². The second-order valence-electron chi connectivity index (χ2n) is 8.04. The number of rotatable bonds is 0. The first kappa shape index (κ1) is 53.7. The Morgan fingerprint density at radius 3 is 0.523 bits per heavy atom. The molecule has 9 N–H and O–H groups in total. The van der Waals surface area contributed by atoms with Gasteiger partial charge in [-0.2, -0.15) is 39.5 Å². The molecule has 0 unspecified atom stereocenters. The molecule has 0 heterocycles. The fraction of sp³-hybridized carbons (Fsp3) is 1.00. The van der Waals surface area contributed by atoms with E-state index in [0.29, 0.717) is 38.5 Å². The third kappa shape index (κ3) is 27.3. The van der Waals surface area contributed by atoms with Crippen LogP contribution in [0, 0.1) is 40.8 Å². The van der Waals surface area contributed by atoms with Crippen molar-refractivity contribution in [2.45, 2.75) is 91.7 Å². The Morgan fingerprint density at radius 2 is 0.477 bits per heavy atom. The molecule has 0 aromatic rings. The van der Waals surface area contributed by atoms with E-state index in [0.717, 1.165) is 0 Å². The maximum atomic E-state index is 10.7. The molecule has 2 saturated carbocycles. The van der Waals surface area contributed by atoms with Crippen LogP contribution in [0.2, 0.25) is 0 Å². The van der Waals surface area contributed by atoms with Gasteiger partial charge in [-0.25, -0.2) is 25.3 Å². The Kier molecular flexibility index (Phi) is 25.9. The predicted molar refractivity (Wildman–Crippen MR) is 116 cm³/mol. The molecule has 0 spiro atoms. The summed E-state index contributed by atoms with van der Waals surface area (Å²) < 4.78 is 177. The normalized spacial score (nSPS) is 26.0. The van der Waals surface area contributed by atoms with Crippen LogP contribution < -0.4 is 0 Å². The molecule has 267 valence electrons.